The normalized spacial score (nSPS) is 20.4. The van der Waals surface area contributed by atoms with E-state index in [1.54, 1.807) is 55.1 Å². The molecule has 0 bridgehead atoms. The Balaban J connectivity index is 0.000000132. The standard InChI is InChI=1S/C27H37Cl2N7O2S.C25H33Cl2N7O2S.C25H30Cl2N6O2.C24H30Cl2N6O/c1-17(2)39(37,38)31-9-11-34-10-5-6-20(14-34)21-15-35(16-21)25-13-30-26-18(3)33-36(27(26)32-25)19(4)23-8-7-22(28)12-24(23)29;1-16-24-25(34(31-16)17(2)21-7-6-20(26)11-22(21)27)30-23(12-28-24)33-14-19(15-33)18-5-4-9-32(13-18)10-8-29-37(3,35)36;1-15(20-6-5-19(26)10-21(20)27)33-25-24(23(30-33)16(2)35)28-11-22(29-25)32-13-18(14-32)17-4-3-7-31(12-17)8-9-34;1-15-23-24(32(29-15)16(2)20-6-5-19(25)10-21(20)26)28-22(11-27-23)31-13-18(14-31)17-4-3-7-30(12-17)8-9-33/h7-8,12-13,17,19-21,31H,5-6,9-11,14-16H2,1-4H3;6-7,11-12,17-19,29H,4-5,8-10,13-15H2,1-3H3;5-6,10-11,15,17-18,34H,3-4,7-9,12-14H2,1-2H3;5-6,10-11,16-18,33H,3-4,7-9,12-14H2,1-2H3. The minimum absolute atomic E-state index is 0.0978. The Morgan fingerprint density at radius 3 is 0.903 bits per heavy atom. The van der Waals surface area contributed by atoms with Gasteiger partial charge in [0.05, 0.1) is 90.8 Å². The maximum atomic E-state index is 12.3. The molecule has 8 aliphatic rings. The molecular weight excluding hydrogens is 2040 g/mol. The van der Waals surface area contributed by atoms with E-state index in [1.165, 1.54) is 51.7 Å². The van der Waals surface area contributed by atoms with E-state index < -0.39 is 25.3 Å². The second-order valence-corrected chi connectivity index (χ2v) is 48.0. The lowest BCUT2D eigenvalue weighted by molar-refractivity contribution is 0.101. The summed E-state index contributed by atoms with van der Waals surface area (Å²) >= 11 is 50.3. The molecule has 8 saturated heterocycles. The third kappa shape index (κ3) is 24.6. The van der Waals surface area contributed by atoms with E-state index in [0.29, 0.717) is 117 Å². The van der Waals surface area contributed by atoms with Crippen LogP contribution in [0.15, 0.2) is 97.6 Å². The largest absolute Gasteiger partial charge is 0.395 e. The number of likely N-dealkylation sites (tertiary alicyclic amines) is 4. The number of halogens is 8. The molecule has 33 nitrogen and oxygen atoms in total. The van der Waals surface area contributed by atoms with Gasteiger partial charge in [-0.3, -0.25) is 4.79 Å². The Bertz CT molecular complexity index is 6810. The van der Waals surface area contributed by atoms with Gasteiger partial charge >= 0.3 is 0 Å². The first-order chi connectivity index (χ1) is 68.9. The summed E-state index contributed by atoms with van der Waals surface area (Å²) in [5.41, 5.74) is 12.2. The molecule has 20 rings (SSSR count). The fraction of sp³-hybridized carbons (Fsp3) is 0.554. The lowest BCUT2D eigenvalue weighted by Crippen LogP contribution is -2.54. The summed E-state index contributed by atoms with van der Waals surface area (Å²) < 4.78 is 59.6. The number of nitrogens with zero attached hydrogens (tertiary/aromatic N) is 24. The fourth-order valence-corrected chi connectivity index (χ4v) is 25.2. The van der Waals surface area contributed by atoms with Crippen LogP contribution in [0.3, 0.4) is 0 Å². The number of aliphatic hydroxyl groups is 2. The predicted molar refractivity (Wildman–Crippen MR) is 575 cm³/mol. The molecule has 0 radical (unpaired) electrons. The molecule has 4 aromatic carbocycles. The number of piperidine rings is 4. The van der Waals surface area contributed by atoms with Gasteiger partial charge in [0.1, 0.15) is 45.3 Å². The molecule has 4 N–H and O–H groups in total. The number of aliphatic hydroxyl groups excluding tert-OH is 2. The van der Waals surface area contributed by atoms with Crippen LogP contribution in [0.4, 0.5) is 23.3 Å². The number of ketones is 1. The number of aromatic nitrogens is 16. The summed E-state index contributed by atoms with van der Waals surface area (Å²) in [6.45, 7) is 39.4. The average molecular weight is 2170 g/mol. The maximum absolute atomic E-state index is 12.3. The number of sulfonamides is 2. The molecule has 43 heteroatoms. The quantitative estimate of drug-likeness (QED) is 0.0304. The highest BCUT2D eigenvalue weighted by molar-refractivity contribution is 7.90. The zero-order valence-electron chi connectivity index (χ0n) is 83.4. The van der Waals surface area contributed by atoms with Gasteiger partial charge in [0, 0.05) is 165 Å². The van der Waals surface area contributed by atoms with Crippen molar-refractivity contribution in [2.45, 2.75) is 150 Å². The summed E-state index contributed by atoms with van der Waals surface area (Å²) in [6, 6.07) is 21.4. The summed E-state index contributed by atoms with van der Waals surface area (Å²) in [5, 5.41) is 41.7. The molecule has 8 aromatic heterocycles. The maximum Gasteiger partial charge on any atom is 0.213 e. The molecular formula is C101H130Cl8N26O7S2. The zero-order chi connectivity index (χ0) is 102. The summed E-state index contributed by atoms with van der Waals surface area (Å²) in [5.74, 6) is 8.29. The van der Waals surface area contributed by atoms with Crippen molar-refractivity contribution < 1.29 is 31.8 Å². The number of benzene rings is 4. The number of Topliss-reactive ketones (excluding diaryl/α,β-unsaturated/α-hetero) is 1. The third-order valence-corrected chi connectivity index (χ3v) is 35.1. The second kappa shape index (κ2) is 46.5. The molecule has 16 heterocycles. The van der Waals surface area contributed by atoms with Gasteiger partial charge in [-0.2, -0.15) is 20.4 Å². The van der Waals surface area contributed by atoms with Crippen LogP contribution in [-0.4, -0.2) is 300 Å². The lowest BCUT2D eigenvalue weighted by Gasteiger charge is -2.47. The number of rotatable bonds is 30. The Hall–Kier alpha value is -8.15. The molecule has 144 heavy (non-hydrogen) atoms. The number of anilines is 4. The average Bonchev–Trinajstić information content (AvgIpc) is 1.60. The van der Waals surface area contributed by atoms with Gasteiger partial charge < -0.3 is 49.4 Å². The number of carbonyl (C=O) groups is 1. The highest BCUT2D eigenvalue weighted by Gasteiger charge is 2.43. The van der Waals surface area contributed by atoms with Crippen LogP contribution in [0.25, 0.3) is 44.7 Å². The number of hydrogen-bond acceptors (Lipinski definition) is 27. The second-order valence-electron chi connectivity index (χ2n) is 40.5. The van der Waals surface area contributed by atoms with E-state index in [1.807, 2.05) is 103 Å². The fourth-order valence-electron chi connectivity index (χ4n) is 21.7. The van der Waals surface area contributed by atoms with E-state index in [0.717, 1.165) is 240 Å². The van der Waals surface area contributed by atoms with Crippen molar-refractivity contribution in [1.82, 2.24) is 108 Å². The molecule has 774 valence electrons. The molecule has 0 aliphatic carbocycles. The van der Waals surface area contributed by atoms with Gasteiger partial charge in [0.15, 0.2) is 34.1 Å². The molecule has 8 unspecified atom stereocenters. The molecule has 8 atom stereocenters. The third-order valence-electron chi connectivity index (χ3n) is 30.3. The Morgan fingerprint density at radius 2 is 0.639 bits per heavy atom. The smallest absolute Gasteiger partial charge is 0.213 e. The number of nitrogens with one attached hydrogen (secondary N) is 2. The predicted octanol–water partition coefficient (Wildman–Crippen LogP) is 16.6. The molecule has 8 aliphatic heterocycles. The van der Waals surface area contributed by atoms with Crippen molar-refractivity contribution in [3.8, 4) is 0 Å². The number of fused-ring (bicyclic) bond motifs is 4. The highest BCUT2D eigenvalue weighted by atomic mass is 35.5. The minimum atomic E-state index is -3.22. The van der Waals surface area contributed by atoms with Crippen LogP contribution >= 0.6 is 92.8 Å². The lowest BCUT2D eigenvalue weighted by atomic mass is 9.80. The molecule has 0 saturated carbocycles. The Kier molecular flexibility index (Phi) is 34.6. The molecule has 0 amide bonds. The van der Waals surface area contributed by atoms with Crippen LogP contribution in [0, 0.1) is 68.1 Å². The topological polar surface area (TPSA) is 350 Å². The van der Waals surface area contributed by atoms with Gasteiger partial charge in [0.2, 0.25) is 20.0 Å². The van der Waals surface area contributed by atoms with Crippen molar-refractivity contribution in [3.63, 3.8) is 0 Å². The van der Waals surface area contributed by atoms with Crippen LogP contribution in [0.2, 0.25) is 40.2 Å². The first-order valence-corrected chi connectivity index (χ1v) is 56.6. The van der Waals surface area contributed by atoms with E-state index in [-0.39, 0.29) is 43.2 Å². The summed E-state index contributed by atoms with van der Waals surface area (Å²) in [7, 11) is -6.36. The van der Waals surface area contributed by atoms with Crippen LogP contribution < -0.4 is 29.0 Å². The minimum Gasteiger partial charge on any atom is -0.395 e. The van der Waals surface area contributed by atoms with E-state index >= 15 is 0 Å². The van der Waals surface area contributed by atoms with E-state index in [4.69, 9.17) is 143 Å². The summed E-state index contributed by atoms with van der Waals surface area (Å²) in [6.07, 6.45) is 18.2. The van der Waals surface area contributed by atoms with Crippen molar-refractivity contribution in [2.24, 2.45) is 47.3 Å². The number of carbonyl (C=O) groups excluding carboxylic acids is 1. The van der Waals surface area contributed by atoms with Crippen LogP contribution in [0.5, 0.6) is 0 Å². The van der Waals surface area contributed by atoms with Gasteiger partial charge in [-0.15, -0.1) is 0 Å². The van der Waals surface area contributed by atoms with Crippen molar-refractivity contribution >= 4 is 187 Å². The number of hydrogen-bond donors (Lipinski definition) is 4. The van der Waals surface area contributed by atoms with Gasteiger partial charge in [0.25, 0.3) is 0 Å². The first kappa shape index (κ1) is 107. The summed E-state index contributed by atoms with van der Waals surface area (Å²) in [4.78, 5) is 69.6. The van der Waals surface area contributed by atoms with Crippen LogP contribution in [0.1, 0.15) is 174 Å². The van der Waals surface area contributed by atoms with E-state index in [2.05, 4.69) is 79.5 Å². The van der Waals surface area contributed by atoms with Crippen molar-refractivity contribution in [1.29, 1.82) is 0 Å². The highest BCUT2D eigenvalue weighted by Crippen LogP contribution is 2.43. The molecule has 8 fully saturated rings. The number of β-amino-alcohol motifs (C(OH)–C–C–N with tert-alkyl or cyclic N) is 2. The van der Waals surface area contributed by atoms with Gasteiger partial charge in [-0.05, 0) is 258 Å². The Labute approximate surface area is 882 Å². The van der Waals surface area contributed by atoms with E-state index in [9.17, 15) is 31.8 Å². The van der Waals surface area contributed by atoms with Crippen molar-refractivity contribution in [2.75, 3.05) is 183 Å². The molecule has 0 spiro atoms. The number of aryl methyl sites for hydroxylation is 3. The SMILES string of the molecule is CC(=O)c1nn(C(C)c2ccc(Cl)cc2Cl)c2nc(N3CC(C4CCCN(CCO)C4)C3)cnc12.Cc1nn(C(C)c2ccc(Cl)cc2Cl)c2nc(N3CC(C4CCCN(CCNS(=O)(=O)C(C)C)C4)C3)cnc12.Cc1nn(C(C)c2ccc(Cl)cc2Cl)c2nc(N3CC(C4CCCN(CCNS(C)(=O)=O)C4)C3)cnc12.Cc1nn(C(C)c2ccc(Cl)cc2Cl)c2nc(N3CC(C4CCCN(CCO)C4)C3)cnc12. The monoisotopic (exact) mass is 2160 g/mol. The van der Waals surface area contributed by atoms with Gasteiger partial charge in [-0.25, -0.2) is 84.9 Å². The zero-order valence-corrected chi connectivity index (χ0v) is 91.1. The van der Waals surface area contributed by atoms with Crippen LogP contribution in [-0.2, 0) is 20.0 Å². The Morgan fingerprint density at radius 1 is 0.375 bits per heavy atom. The molecule has 12 aromatic rings. The van der Waals surface area contributed by atoms with Gasteiger partial charge in [-0.1, -0.05) is 117 Å². The van der Waals surface area contributed by atoms with Crippen molar-refractivity contribution in [3.05, 3.63) is 183 Å². The first-order valence-electron chi connectivity index (χ1n) is 50.2.